The lowest BCUT2D eigenvalue weighted by molar-refractivity contribution is -0.384. The number of halogens is 1. The van der Waals surface area contributed by atoms with E-state index in [0.717, 1.165) is 6.42 Å². The van der Waals surface area contributed by atoms with Crippen molar-refractivity contribution in [3.8, 4) is 5.75 Å². The van der Waals surface area contributed by atoms with Gasteiger partial charge in [0, 0.05) is 18.2 Å². The van der Waals surface area contributed by atoms with Crippen LogP contribution in [-0.4, -0.2) is 23.0 Å². The number of nitro benzene ring substituents is 1. The molecule has 20 heavy (non-hydrogen) atoms. The molecule has 7 heteroatoms. The number of nitro groups is 1. The van der Waals surface area contributed by atoms with Crippen LogP contribution in [-0.2, 0) is 4.79 Å². The lowest BCUT2D eigenvalue weighted by Gasteiger charge is -2.17. The molecule has 1 aromatic carbocycles. The van der Waals surface area contributed by atoms with E-state index in [1.165, 1.54) is 18.2 Å². The number of ether oxygens (including phenoxy) is 1. The Hall–Kier alpha value is -1.82. The van der Waals surface area contributed by atoms with E-state index in [-0.39, 0.29) is 22.7 Å². The summed E-state index contributed by atoms with van der Waals surface area (Å²) in [5.41, 5.74) is -0.198. The van der Waals surface area contributed by atoms with Crippen molar-refractivity contribution in [1.29, 1.82) is 0 Å². The molecule has 0 spiro atoms. The van der Waals surface area contributed by atoms with Gasteiger partial charge in [-0.05, 0) is 26.3 Å². The molecule has 0 bridgehead atoms. The van der Waals surface area contributed by atoms with Crippen molar-refractivity contribution in [2.45, 2.75) is 39.3 Å². The van der Waals surface area contributed by atoms with Crippen LogP contribution in [0.3, 0.4) is 0 Å². The van der Waals surface area contributed by atoms with Crippen LogP contribution in [0.15, 0.2) is 18.2 Å². The molecule has 1 aromatic rings. The summed E-state index contributed by atoms with van der Waals surface area (Å²) in [6.45, 7) is 5.47. The summed E-state index contributed by atoms with van der Waals surface area (Å²) in [7, 11) is 0. The normalized spacial score (nSPS) is 13.4. The number of hydrogen-bond acceptors (Lipinski definition) is 4. The van der Waals surface area contributed by atoms with Crippen molar-refractivity contribution in [2.75, 3.05) is 0 Å². The van der Waals surface area contributed by atoms with E-state index < -0.39 is 11.0 Å². The van der Waals surface area contributed by atoms with E-state index in [4.69, 9.17) is 16.3 Å². The minimum atomic E-state index is -0.707. The van der Waals surface area contributed by atoms with Crippen LogP contribution in [0.1, 0.15) is 27.2 Å². The first-order chi connectivity index (χ1) is 9.35. The molecule has 1 N–H and O–H groups in total. The van der Waals surface area contributed by atoms with Crippen molar-refractivity contribution in [2.24, 2.45) is 0 Å². The number of carbonyl (C=O) groups excluding carboxylic acids is 1. The SMILES string of the molecule is CCC(C)NC(=O)C(C)Oc1ccc([N+](=O)[O-])c(Cl)c1. The van der Waals surface area contributed by atoms with Gasteiger partial charge in [-0.3, -0.25) is 14.9 Å². The van der Waals surface area contributed by atoms with Crippen LogP contribution in [0.25, 0.3) is 0 Å². The minimum Gasteiger partial charge on any atom is -0.481 e. The van der Waals surface area contributed by atoms with Gasteiger partial charge < -0.3 is 10.1 Å². The number of nitrogens with one attached hydrogen (secondary N) is 1. The van der Waals surface area contributed by atoms with Crippen LogP contribution in [0.2, 0.25) is 5.02 Å². The van der Waals surface area contributed by atoms with Gasteiger partial charge in [0.15, 0.2) is 6.10 Å². The van der Waals surface area contributed by atoms with Gasteiger partial charge in [0.1, 0.15) is 10.8 Å². The Kier molecular flexibility index (Phi) is 5.76. The molecule has 0 saturated carbocycles. The molecule has 110 valence electrons. The Morgan fingerprint density at radius 1 is 1.50 bits per heavy atom. The average Bonchev–Trinajstić information content (AvgIpc) is 2.37. The van der Waals surface area contributed by atoms with Crippen molar-refractivity contribution in [1.82, 2.24) is 5.32 Å². The van der Waals surface area contributed by atoms with Crippen LogP contribution >= 0.6 is 11.6 Å². The fourth-order valence-electron chi connectivity index (χ4n) is 1.43. The highest BCUT2D eigenvalue weighted by atomic mass is 35.5. The molecule has 1 amide bonds. The molecule has 0 aromatic heterocycles. The second-order valence-electron chi connectivity index (χ2n) is 4.45. The third-order valence-corrected chi connectivity index (χ3v) is 3.10. The highest BCUT2D eigenvalue weighted by Gasteiger charge is 2.18. The molecule has 0 radical (unpaired) electrons. The fraction of sp³-hybridized carbons (Fsp3) is 0.462. The first-order valence-electron chi connectivity index (χ1n) is 6.26. The second-order valence-corrected chi connectivity index (χ2v) is 4.86. The van der Waals surface area contributed by atoms with E-state index in [0.29, 0.717) is 5.75 Å². The number of rotatable bonds is 6. The summed E-state index contributed by atoms with van der Waals surface area (Å²) in [4.78, 5) is 21.9. The number of carbonyl (C=O) groups is 1. The van der Waals surface area contributed by atoms with Gasteiger partial charge in [-0.2, -0.15) is 0 Å². The van der Waals surface area contributed by atoms with E-state index in [9.17, 15) is 14.9 Å². The smallest absolute Gasteiger partial charge is 0.288 e. The molecule has 2 unspecified atom stereocenters. The summed E-state index contributed by atoms with van der Waals surface area (Å²) < 4.78 is 5.42. The summed E-state index contributed by atoms with van der Waals surface area (Å²) in [6.07, 6.45) is 0.114. The van der Waals surface area contributed by atoms with Gasteiger partial charge in [0.25, 0.3) is 11.6 Å². The van der Waals surface area contributed by atoms with Gasteiger partial charge in [0.2, 0.25) is 0 Å². The zero-order chi connectivity index (χ0) is 15.3. The number of amides is 1. The number of nitrogens with zero attached hydrogens (tertiary/aromatic N) is 1. The van der Waals surface area contributed by atoms with Crippen molar-refractivity contribution in [3.63, 3.8) is 0 Å². The standard InChI is InChI=1S/C13H17ClN2O4/c1-4-8(2)15-13(17)9(3)20-10-5-6-12(16(18)19)11(14)7-10/h5-9H,4H2,1-3H3,(H,15,17). The third-order valence-electron chi connectivity index (χ3n) is 2.80. The van der Waals surface area contributed by atoms with E-state index in [1.807, 2.05) is 13.8 Å². The van der Waals surface area contributed by atoms with Gasteiger partial charge in [-0.1, -0.05) is 18.5 Å². The molecular weight excluding hydrogens is 284 g/mol. The van der Waals surface area contributed by atoms with Gasteiger partial charge in [-0.25, -0.2) is 0 Å². The van der Waals surface area contributed by atoms with Crippen LogP contribution in [0.5, 0.6) is 5.75 Å². The van der Waals surface area contributed by atoms with E-state index in [2.05, 4.69) is 5.32 Å². The van der Waals surface area contributed by atoms with E-state index >= 15 is 0 Å². The zero-order valence-electron chi connectivity index (χ0n) is 11.6. The third kappa shape index (κ3) is 4.38. The van der Waals surface area contributed by atoms with Crippen molar-refractivity contribution in [3.05, 3.63) is 33.3 Å². The molecule has 0 aliphatic heterocycles. The molecule has 0 heterocycles. The maximum absolute atomic E-state index is 11.8. The Morgan fingerprint density at radius 3 is 2.65 bits per heavy atom. The summed E-state index contributed by atoms with van der Waals surface area (Å²) in [5, 5.41) is 13.4. The van der Waals surface area contributed by atoms with Crippen molar-refractivity contribution >= 4 is 23.2 Å². The maximum Gasteiger partial charge on any atom is 0.288 e. The van der Waals surface area contributed by atoms with Gasteiger partial charge >= 0.3 is 0 Å². The highest BCUT2D eigenvalue weighted by molar-refractivity contribution is 6.32. The van der Waals surface area contributed by atoms with Crippen LogP contribution in [0, 0.1) is 10.1 Å². The zero-order valence-corrected chi connectivity index (χ0v) is 12.3. The lowest BCUT2D eigenvalue weighted by atomic mass is 10.2. The van der Waals surface area contributed by atoms with Gasteiger partial charge in [-0.15, -0.1) is 0 Å². The Bertz CT molecular complexity index is 507. The Morgan fingerprint density at radius 2 is 2.15 bits per heavy atom. The average molecular weight is 301 g/mol. The molecule has 0 aliphatic rings. The highest BCUT2D eigenvalue weighted by Crippen LogP contribution is 2.28. The number of benzene rings is 1. The minimum absolute atomic E-state index is 0.0259. The predicted molar refractivity (Wildman–Crippen MR) is 76.1 cm³/mol. The monoisotopic (exact) mass is 300 g/mol. The van der Waals surface area contributed by atoms with Crippen LogP contribution in [0.4, 0.5) is 5.69 Å². The summed E-state index contributed by atoms with van der Waals surface area (Å²) in [5.74, 6) is 0.0706. The Balaban J connectivity index is 2.71. The fourth-order valence-corrected chi connectivity index (χ4v) is 1.67. The molecule has 0 aliphatic carbocycles. The van der Waals surface area contributed by atoms with Crippen molar-refractivity contribution < 1.29 is 14.5 Å². The predicted octanol–water partition coefficient (Wildman–Crippen LogP) is 2.93. The Labute approximate surface area is 122 Å². The molecule has 0 fully saturated rings. The van der Waals surface area contributed by atoms with E-state index in [1.54, 1.807) is 6.92 Å². The molecular formula is C13H17ClN2O4. The topological polar surface area (TPSA) is 81.5 Å². The number of hydrogen-bond donors (Lipinski definition) is 1. The quantitative estimate of drug-likeness (QED) is 0.647. The first-order valence-corrected chi connectivity index (χ1v) is 6.64. The first kappa shape index (κ1) is 16.2. The summed E-state index contributed by atoms with van der Waals surface area (Å²) >= 11 is 5.77. The van der Waals surface area contributed by atoms with Gasteiger partial charge in [0.05, 0.1) is 4.92 Å². The molecule has 2 atom stereocenters. The molecule has 6 nitrogen and oxygen atoms in total. The molecule has 1 rings (SSSR count). The lowest BCUT2D eigenvalue weighted by Crippen LogP contribution is -2.40. The maximum atomic E-state index is 11.8. The second kappa shape index (κ2) is 7.09. The van der Waals surface area contributed by atoms with Crippen LogP contribution < -0.4 is 10.1 Å². The summed E-state index contributed by atoms with van der Waals surface area (Å²) in [6, 6.07) is 4.05. The largest absolute Gasteiger partial charge is 0.481 e. The molecule has 0 saturated heterocycles.